The number of nitrogens with one attached hydrogen (secondary N) is 1. The highest BCUT2D eigenvalue weighted by atomic mass is 79.9. The number of H-pyrrole nitrogens is 1. The smallest absolute Gasteiger partial charge is 0.308 e. The topological polar surface area (TPSA) is 86.2 Å². The number of ether oxygens (including phenoxy) is 2. The molecule has 7 nitrogen and oxygen atoms in total. The van der Waals surface area contributed by atoms with Gasteiger partial charge < -0.3 is 19.0 Å². The van der Waals surface area contributed by atoms with Gasteiger partial charge in [0.05, 0.1) is 22.7 Å². The van der Waals surface area contributed by atoms with Crippen LogP contribution in [0, 0.1) is 17.2 Å². The summed E-state index contributed by atoms with van der Waals surface area (Å²) in [5.41, 5.74) is 4.15. The first kappa shape index (κ1) is 38.3. The summed E-state index contributed by atoms with van der Waals surface area (Å²) in [4.78, 5) is 32.5. The number of hydrogen-bond donors (Lipinski definition) is 1. The highest BCUT2D eigenvalue weighted by molar-refractivity contribution is 9.10. The number of thioether (sulfide) groups is 1. The van der Waals surface area contributed by atoms with Crippen LogP contribution >= 0.6 is 27.7 Å². The van der Waals surface area contributed by atoms with Crippen LogP contribution in [0.1, 0.15) is 77.6 Å². The monoisotopic (exact) mass is 775 g/mol. The number of carbonyl (C=O) groups excluding carboxylic acids is 2. The molecule has 0 saturated heterocycles. The minimum absolute atomic E-state index is 0.00994. The van der Waals surface area contributed by atoms with Crippen molar-refractivity contribution in [3.63, 3.8) is 0 Å². The van der Waals surface area contributed by atoms with Gasteiger partial charge in [-0.1, -0.05) is 75.4 Å². The van der Waals surface area contributed by atoms with E-state index in [1.54, 1.807) is 19.2 Å². The van der Waals surface area contributed by atoms with Gasteiger partial charge in [0, 0.05) is 60.1 Å². The number of esters is 1. The van der Waals surface area contributed by atoms with Gasteiger partial charge >= 0.3 is 5.97 Å². The molecule has 5 rings (SSSR count). The molecule has 51 heavy (non-hydrogen) atoms. The number of benzene rings is 3. The standard InChI is InChI=1S/C41H47BrFN3O4S/c1-8-49-39(48)26(2)20-28-12-9-14-30(21-28)41(6,18-11-17-40(4,5)25-51-27(3)47)35-24-46(7)38(45-35)29-13-10-15-31(22-29)50-37-33(43)23-34-32(36(37)42)16-19-44-34/h9-10,12-16,19,21-24,26,44H,8,11,17-18,20,25H2,1-7H3. The summed E-state index contributed by atoms with van der Waals surface area (Å²) in [6.07, 6.45) is 7.12. The molecule has 0 spiro atoms. The average Bonchev–Trinajstić information content (AvgIpc) is 3.73. The quantitative estimate of drug-likeness (QED) is 0.107. The normalized spacial score (nSPS) is 13.6. The molecule has 1 N–H and O–H groups in total. The van der Waals surface area contributed by atoms with Gasteiger partial charge in [0.25, 0.3) is 0 Å². The van der Waals surface area contributed by atoms with Crippen LogP contribution in [-0.2, 0) is 33.2 Å². The molecular weight excluding hydrogens is 729 g/mol. The van der Waals surface area contributed by atoms with E-state index in [1.807, 2.05) is 49.7 Å². The number of aromatic amines is 1. The predicted molar refractivity (Wildman–Crippen MR) is 208 cm³/mol. The highest BCUT2D eigenvalue weighted by Gasteiger charge is 2.33. The predicted octanol–water partition coefficient (Wildman–Crippen LogP) is 10.8. The maximum Gasteiger partial charge on any atom is 0.308 e. The van der Waals surface area contributed by atoms with Gasteiger partial charge in [0.1, 0.15) is 11.6 Å². The Labute approximate surface area is 312 Å². The van der Waals surface area contributed by atoms with Crippen molar-refractivity contribution >= 4 is 49.7 Å². The molecule has 0 amide bonds. The second-order valence-electron chi connectivity index (χ2n) is 14.3. The summed E-state index contributed by atoms with van der Waals surface area (Å²) in [6, 6.07) is 19.3. The lowest BCUT2D eigenvalue weighted by molar-refractivity contribution is -0.147. The van der Waals surface area contributed by atoms with E-state index < -0.39 is 11.2 Å². The Bertz CT molecular complexity index is 2020. The number of halogens is 2. The SMILES string of the molecule is CCOC(=O)C(C)Cc1cccc(C(C)(CCCC(C)(C)CSC(C)=O)c2cn(C)c(-c3cccc(Oc4c(F)cc5[nH]ccc5c4Br)c3)n2)c1. The van der Waals surface area contributed by atoms with Gasteiger partial charge in [-0.2, -0.15) is 0 Å². The molecule has 0 aliphatic heterocycles. The molecule has 5 aromatic rings. The first-order valence-corrected chi connectivity index (χ1v) is 19.1. The largest absolute Gasteiger partial charge is 0.466 e. The van der Waals surface area contributed by atoms with Crippen molar-refractivity contribution in [2.45, 2.75) is 72.6 Å². The van der Waals surface area contributed by atoms with Gasteiger partial charge in [-0.25, -0.2) is 9.37 Å². The van der Waals surface area contributed by atoms with Gasteiger partial charge in [-0.05, 0) is 83.8 Å². The molecular formula is C41H47BrFN3O4S. The zero-order valence-electron chi connectivity index (χ0n) is 30.4. The van der Waals surface area contributed by atoms with Gasteiger partial charge in [0.15, 0.2) is 16.7 Å². The minimum Gasteiger partial charge on any atom is -0.466 e. The Morgan fingerprint density at radius 3 is 2.59 bits per heavy atom. The molecule has 2 aromatic heterocycles. The molecule has 2 heterocycles. The number of hydrogen-bond acceptors (Lipinski definition) is 6. The Kier molecular flexibility index (Phi) is 12.2. The van der Waals surface area contributed by atoms with Crippen molar-refractivity contribution in [2.75, 3.05) is 12.4 Å². The first-order chi connectivity index (χ1) is 24.2. The van der Waals surface area contributed by atoms with E-state index in [1.165, 1.54) is 17.8 Å². The third-order valence-electron chi connectivity index (χ3n) is 9.45. The summed E-state index contributed by atoms with van der Waals surface area (Å²) in [5, 5.41) is 0.966. The Morgan fingerprint density at radius 1 is 1.08 bits per heavy atom. The zero-order valence-corrected chi connectivity index (χ0v) is 32.8. The van der Waals surface area contributed by atoms with E-state index in [9.17, 15) is 9.59 Å². The van der Waals surface area contributed by atoms with Gasteiger partial charge in [-0.15, -0.1) is 0 Å². The second-order valence-corrected chi connectivity index (χ2v) is 16.3. The van der Waals surface area contributed by atoms with Crippen molar-refractivity contribution < 1.29 is 23.5 Å². The molecule has 0 bridgehead atoms. The van der Waals surface area contributed by atoms with Crippen molar-refractivity contribution in [1.29, 1.82) is 0 Å². The van der Waals surface area contributed by atoms with E-state index >= 15 is 4.39 Å². The van der Waals surface area contributed by atoms with Crippen molar-refractivity contribution in [3.8, 4) is 22.9 Å². The van der Waals surface area contributed by atoms with Gasteiger partial charge in [0.2, 0.25) is 0 Å². The Balaban J connectivity index is 1.47. The van der Waals surface area contributed by atoms with Crippen LogP contribution in [0.3, 0.4) is 0 Å². The van der Waals surface area contributed by atoms with Crippen LogP contribution in [0.15, 0.2) is 77.5 Å². The third-order valence-corrected chi connectivity index (χ3v) is 11.6. The van der Waals surface area contributed by atoms with Crippen molar-refractivity contribution in [2.24, 2.45) is 18.4 Å². The fourth-order valence-electron chi connectivity index (χ4n) is 6.50. The average molecular weight is 777 g/mol. The molecule has 0 saturated carbocycles. The van der Waals surface area contributed by atoms with E-state index in [0.29, 0.717) is 28.8 Å². The number of imidazole rings is 1. The fourth-order valence-corrected chi connectivity index (χ4v) is 7.85. The van der Waals surface area contributed by atoms with Crippen LogP contribution in [0.4, 0.5) is 4.39 Å². The van der Waals surface area contributed by atoms with Gasteiger partial charge in [-0.3, -0.25) is 9.59 Å². The van der Waals surface area contributed by atoms with Crippen molar-refractivity contribution in [3.05, 3.63) is 100 Å². The third kappa shape index (κ3) is 9.13. The molecule has 270 valence electrons. The van der Waals surface area contributed by atoms with Crippen LogP contribution < -0.4 is 4.74 Å². The van der Waals surface area contributed by atoms with Crippen LogP contribution in [0.2, 0.25) is 0 Å². The highest BCUT2D eigenvalue weighted by Crippen LogP contribution is 2.42. The van der Waals surface area contributed by atoms with E-state index in [4.69, 9.17) is 14.5 Å². The number of fused-ring (bicyclic) bond motifs is 1. The molecule has 0 radical (unpaired) electrons. The molecule has 0 fully saturated rings. The molecule has 10 heteroatoms. The minimum atomic E-state index is -0.473. The summed E-state index contributed by atoms with van der Waals surface area (Å²) >= 11 is 4.91. The van der Waals surface area contributed by atoms with Crippen LogP contribution in [-0.4, -0.2) is 38.0 Å². The summed E-state index contributed by atoms with van der Waals surface area (Å²) in [7, 11) is 1.98. The summed E-state index contributed by atoms with van der Waals surface area (Å²) < 4.78 is 29.1. The number of carbonyl (C=O) groups is 2. The molecule has 3 aromatic carbocycles. The lowest BCUT2D eigenvalue weighted by Crippen LogP contribution is -2.26. The Hall–Kier alpha value is -3.89. The number of aryl methyl sites for hydroxylation is 1. The molecule has 0 aliphatic rings. The fraction of sp³-hybridized carbons (Fsp3) is 0.390. The van der Waals surface area contributed by atoms with E-state index in [0.717, 1.165) is 58.6 Å². The Morgan fingerprint density at radius 2 is 1.84 bits per heavy atom. The maximum atomic E-state index is 15.1. The van der Waals surface area contributed by atoms with E-state index in [2.05, 4.69) is 72.1 Å². The number of rotatable bonds is 15. The maximum absolute atomic E-state index is 15.1. The summed E-state index contributed by atoms with van der Waals surface area (Å²) in [6.45, 7) is 12.4. The molecule has 2 unspecified atom stereocenters. The number of nitrogens with zero attached hydrogens (tertiary/aromatic N) is 2. The zero-order chi connectivity index (χ0) is 36.9. The van der Waals surface area contributed by atoms with E-state index in [-0.39, 0.29) is 28.2 Å². The lowest BCUT2D eigenvalue weighted by atomic mass is 9.73. The van der Waals surface area contributed by atoms with Crippen LogP contribution in [0.5, 0.6) is 11.5 Å². The van der Waals surface area contributed by atoms with Crippen LogP contribution in [0.25, 0.3) is 22.3 Å². The number of aromatic nitrogens is 3. The molecule has 0 aliphatic carbocycles. The summed E-state index contributed by atoms with van der Waals surface area (Å²) in [5.74, 6) is 1.20. The first-order valence-electron chi connectivity index (χ1n) is 17.4. The molecule has 2 atom stereocenters. The second kappa shape index (κ2) is 16.2. The van der Waals surface area contributed by atoms with Crippen molar-refractivity contribution in [1.82, 2.24) is 14.5 Å². The lowest BCUT2D eigenvalue weighted by Gasteiger charge is -2.31.